The molecule has 0 spiro atoms. The number of hydrogen-bond acceptors (Lipinski definition) is 4. The molecule has 0 unspecified atom stereocenters. The normalized spacial score (nSPS) is 10.1. The van der Waals surface area contributed by atoms with Crippen molar-refractivity contribution in [2.24, 2.45) is 0 Å². The lowest BCUT2D eigenvalue weighted by Crippen LogP contribution is -2.09. The third kappa shape index (κ3) is 2.97. The van der Waals surface area contributed by atoms with Crippen LogP contribution in [0.15, 0.2) is 42.5 Å². The highest BCUT2D eigenvalue weighted by molar-refractivity contribution is 5.91. The van der Waals surface area contributed by atoms with Crippen LogP contribution in [0.1, 0.15) is 15.9 Å². The monoisotopic (exact) mass is 275 g/mol. The fourth-order valence-corrected chi connectivity index (χ4v) is 1.68. The molecule has 0 radical (unpaired) electrons. The van der Waals surface area contributed by atoms with Gasteiger partial charge in [0.25, 0.3) is 5.69 Å². The Balaban J connectivity index is 2.22. The van der Waals surface area contributed by atoms with Crippen molar-refractivity contribution in [2.75, 3.05) is 0 Å². The van der Waals surface area contributed by atoms with Crippen molar-refractivity contribution in [3.05, 3.63) is 69.5 Å². The SMILES string of the molecule is Cc1cc(C(=O)Oc2cccc(F)c2)ccc1[N+](=O)[O-]. The van der Waals surface area contributed by atoms with E-state index in [1.165, 1.54) is 43.3 Å². The maximum absolute atomic E-state index is 13.0. The Morgan fingerprint density at radius 2 is 2.00 bits per heavy atom. The van der Waals surface area contributed by atoms with E-state index < -0.39 is 16.7 Å². The number of rotatable bonds is 3. The lowest BCUT2D eigenvalue weighted by molar-refractivity contribution is -0.385. The molecule has 0 saturated carbocycles. The Morgan fingerprint density at radius 1 is 1.25 bits per heavy atom. The van der Waals surface area contributed by atoms with E-state index in [2.05, 4.69) is 0 Å². The second-order valence-corrected chi connectivity index (χ2v) is 4.11. The lowest BCUT2D eigenvalue weighted by Gasteiger charge is -2.05. The molecule has 2 aromatic carbocycles. The number of nitro benzene ring substituents is 1. The first-order valence-electron chi connectivity index (χ1n) is 5.70. The fraction of sp³-hybridized carbons (Fsp3) is 0.0714. The van der Waals surface area contributed by atoms with E-state index in [1.54, 1.807) is 0 Å². The number of ether oxygens (including phenoxy) is 1. The van der Waals surface area contributed by atoms with Crippen LogP contribution in [0.4, 0.5) is 10.1 Å². The molecule has 0 aliphatic heterocycles. The zero-order valence-corrected chi connectivity index (χ0v) is 10.5. The zero-order chi connectivity index (χ0) is 14.7. The van der Waals surface area contributed by atoms with Crippen molar-refractivity contribution in [1.29, 1.82) is 0 Å². The summed E-state index contributed by atoms with van der Waals surface area (Å²) in [5, 5.41) is 10.7. The molecule has 2 rings (SSSR count). The minimum Gasteiger partial charge on any atom is -0.423 e. The summed E-state index contributed by atoms with van der Waals surface area (Å²) in [6.07, 6.45) is 0. The van der Waals surface area contributed by atoms with Gasteiger partial charge in [-0.15, -0.1) is 0 Å². The van der Waals surface area contributed by atoms with Crippen LogP contribution in [0, 0.1) is 22.9 Å². The number of nitrogens with zero attached hydrogens (tertiary/aromatic N) is 1. The molecule has 102 valence electrons. The van der Waals surface area contributed by atoms with Crippen LogP contribution in [0.2, 0.25) is 0 Å². The molecule has 0 heterocycles. The second kappa shape index (κ2) is 5.48. The van der Waals surface area contributed by atoms with Crippen molar-refractivity contribution >= 4 is 11.7 Å². The van der Waals surface area contributed by atoms with Gasteiger partial charge in [-0.25, -0.2) is 9.18 Å². The zero-order valence-electron chi connectivity index (χ0n) is 10.5. The van der Waals surface area contributed by atoms with Crippen LogP contribution < -0.4 is 4.74 Å². The Morgan fingerprint density at radius 3 is 2.60 bits per heavy atom. The number of esters is 1. The topological polar surface area (TPSA) is 69.4 Å². The van der Waals surface area contributed by atoms with E-state index in [4.69, 9.17) is 4.74 Å². The highest BCUT2D eigenvalue weighted by Gasteiger charge is 2.15. The van der Waals surface area contributed by atoms with E-state index in [0.29, 0.717) is 5.56 Å². The number of nitro groups is 1. The van der Waals surface area contributed by atoms with Crippen molar-refractivity contribution in [3.8, 4) is 5.75 Å². The maximum Gasteiger partial charge on any atom is 0.343 e. The second-order valence-electron chi connectivity index (χ2n) is 4.11. The molecule has 0 atom stereocenters. The largest absolute Gasteiger partial charge is 0.423 e. The van der Waals surface area contributed by atoms with Crippen molar-refractivity contribution in [1.82, 2.24) is 0 Å². The van der Waals surface area contributed by atoms with E-state index in [9.17, 15) is 19.3 Å². The number of carbonyl (C=O) groups is 1. The molecule has 0 saturated heterocycles. The molecule has 5 nitrogen and oxygen atoms in total. The first-order valence-corrected chi connectivity index (χ1v) is 5.70. The Hall–Kier alpha value is -2.76. The Bertz CT molecular complexity index is 685. The van der Waals surface area contributed by atoms with Crippen LogP contribution in [0.3, 0.4) is 0 Å². The lowest BCUT2D eigenvalue weighted by atomic mass is 10.1. The summed E-state index contributed by atoms with van der Waals surface area (Å²) in [5.74, 6) is -1.14. The number of carbonyl (C=O) groups excluding carboxylic acids is 1. The van der Waals surface area contributed by atoms with Crippen LogP contribution in [0.25, 0.3) is 0 Å². The molecule has 0 N–H and O–H groups in total. The highest BCUT2D eigenvalue weighted by atomic mass is 19.1. The van der Waals surface area contributed by atoms with Gasteiger partial charge >= 0.3 is 5.97 Å². The van der Waals surface area contributed by atoms with E-state index in [0.717, 1.165) is 6.07 Å². The first-order chi connectivity index (χ1) is 9.47. The molecule has 0 amide bonds. The molecular formula is C14H10FNO4. The minimum atomic E-state index is -0.700. The van der Waals surface area contributed by atoms with Gasteiger partial charge in [0.1, 0.15) is 11.6 Å². The third-order valence-electron chi connectivity index (χ3n) is 2.64. The number of hydrogen-bond donors (Lipinski definition) is 0. The summed E-state index contributed by atoms with van der Waals surface area (Å²) in [6.45, 7) is 1.52. The van der Waals surface area contributed by atoms with E-state index >= 15 is 0 Å². The summed E-state index contributed by atoms with van der Waals surface area (Å²) < 4.78 is 17.9. The Kier molecular flexibility index (Phi) is 3.74. The number of benzene rings is 2. The molecule has 0 aliphatic carbocycles. The summed E-state index contributed by atoms with van der Waals surface area (Å²) in [4.78, 5) is 22.0. The number of aryl methyl sites for hydroxylation is 1. The van der Waals surface area contributed by atoms with Gasteiger partial charge in [0.05, 0.1) is 10.5 Å². The van der Waals surface area contributed by atoms with Gasteiger partial charge in [-0.1, -0.05) is 6.07 Å². The maximum atomic E-state index is 13.0. The van der Waals surface area contributed by atoms with E-state index in [-0.39, 0.29) is 17.0 Å². The molecule has 6 heteroatoms. The predicted molar refractivity (Wildman–Crippen MR) is 69.2 cm³/mol. The number of halogens is 1. The third-order valence-corrected chi connectivity index (χ3v) is 2.64. The van der Waals surface area contributed by atoms with Crippen molar-refractivity contribution in [3.63, 3.8) is 0 Å². The minimum absolute atomic E-state index is 0.0750. The summed E-state index contributed by atoms with van der Waals surface area (Å²) in [7, 11) is 0. The molecule has 2 aromatic rings. The van der Waals surface area contributed by atoms with Crippen LogP contribution in [-0.4, -0.2) is 10.9 Å². The smallest absolute Gasteiger partial charge is 0.343 e. The highest BCUT2D eigenvalue weighted by Crippen LogP contribution is 2.20. The average molecular weight is 275 g/mol. The summed E-state index contributed by atoms with van der Waals surface area (Å²) in [5.41, 5.74) is 0.438. The van der Waals surface area contributed by atoms with Gasteiger partial charge in [-0.2, -0.15) is 0 Å². The van der Waals surface area contributed by atoms with Gasteiger partial charge in [-0.05, 0) is 31.2 Å². The molecule has 20 heavy (non-hydrogen) atoms. The van der Waals surface area contributed by atoms with Gasteiger partial charge in [0.2, 0.25) is 0 Å². The standard InChI is InChI=1S/C14H10FNO4/c1-9-7-10(5-6-13(9)16(18)19)14(17)20-12-4-2-3-11(15)8-12/h2-8H,1H3. The fourth-order valence-electron chi connectivity index (χ4n) is 1.68. The van der Waals surface area contributed by atoms with Gasteiger partial charge in [0, 0.05) is 17.7 Å². The summed E-state index contributed by atoms with van der Waals surface area (Å²) >= 11 is 0. The van der Waals surface area contributed by atoms with Gasteiger partial charge < -0.3 is 4.74 Å². The first kappa shape index (κ1) is 13.7. The average Bonchev–Trinajstić information content (AvgIpc) is 2.38. The molecule has 0 bridgehead atoms. The van der Waals surface area contributed by atoms with E-state index in [1.807, 2.05) is 0 Å². The summed E-state index contributed by atoms with van der Waals surface area (Å²) in [6, 6.07) is 9.06. The van der Waals surface area contributed by atoms with Crippen molar-refractivity contribution < 1.29 is 18.8 Å². The predicted octanol–water partition coefficient (Wildman–Crippen LogP) is 3.26. The molecule has 0 aromatic heterocycles. The molecule has 0 aliphatic rings. The van der Waals surface area contributed by atoms with Crippen LogP contribution >= 0.6 is 0 Å². The van der Waals surface area contributed by atoms with Crippen LogP contribution in [0.5, 0.6) is 5.75 Å². The quantitative estimate of drug-likeness (QED) is 0.373. The van der Waals surface area contributed by atoms with Crippen LogP contribution in [-0.2, 0) is 0 Å². The van der Waals surface area contributed by atoms with Crippen molar-refractivity contribution in [2.45, 2.75) is 6.92 Å². The Labute approximate surface area is 113 Å². The molecule has 0 fully saturated rings. The molecular weight excluding hydrogens is 265 g/mol. The van der Waals surface area contributed by atoms with Gasteiger partial charge in [0.15, 0.2) is 0 Å². The van der Waals surface area contributed by atoms with Gasteiger partial charge in [-0.3, -0.25) is 10.1 Å².